The number of methoxy groups -OCH3 is 1. The van der Waals surface area contributed by atoms with Gasteiger partial charge in [-0.15, -0.1) is 0 Å². The molecule has 0 spiro atoms. The van der Waals surface area contributed by atoms with Gasteiger partial charge in [0, 0.05) is 6.07 Å². The summed E-state index contributed by atoms with van der Waals surface area (Å²) in [7, 11) is 1.33. The van der Waals surface area contributed by atoms with Gasteiger partial charge in [0.25, 0.3) is 0 Å². The Morgan fingerprint density at radius 2 is 2.20 bits per heavy atom. The fourth-order valence-corrected chi connectivity index (χ4v) is 1.07. The predicted octanol–water partition coefficient (Wildman–Crippen LogP) is 2.16. The van der Waals surface area contributed by atoms with E-state index in [0.29, 0.717) is 11.7 Å². The van der Waals surface area contributed by atoms with Crippen molar-refractivity contribution in [1.82, 2.24) is 0 Å². The molecular formula is C12H15O3. The van der Waals surface area contributed by atoms with Crippen molar-refractivity contribution in [2.24, 2.45) is 0 Å². The summed E-state index contributed by atoms with van der Waals surface area (Å²) in [5.41, 5.74) is 1.19. The lowest BCUT2D eigenvalue weighted by Gasteiger charge is -2.07. The number of carbonyl (C=O) groups excluding carboxylic acids is 1. The molecule has 0 saturated carbocycles. The molecule has 3 nitrogen and oxygen atoms in total. The molecular weight excluding hydrogens is 192 g/mol. The molecule has 0 bridgehead atoms. The highest BCUT2D eigenvalue weighted by Crippen LogP contribution is 2.17. The summed E-state index contributed by atoms with van der Waals surface area (Å²) in [4.78, 5) is 10.8. The zero-order valence-corrected chi connectivity index (χ0v) is 9.24. The molecule has 0 aromatic heterocycles. The van der Waals surface area contributed by atoms with E-state index in [1.807, 2.05) is 12.1 Å². The molecule has 1 radical (unpaired) electrons. The van der Waals surface area contributed by atoms with Crippen LogP contribution in [0, 0.1) is 6.07 Å². The highest BCUT2D eigenvalue weighted by Gasteiger charge is 2.03. The van der Waals surface area contributed by atoms with Crippen molar-refractivity contribution in [2.45, 2.75) is 19.8 Å². The van der Waals surface area contributed by atoms with Crippen molar-refractivity contribution in [3.63, 3.8) is 0 Å². The molecule has 0 aliphatic carbocycles. The van der Waals surface area contributed by atoms with Crippen molar-refractivity contribution in [1.29, 1.82) is 0 Å². The molecule has 0 aliphatic heterocycles. The fraction of sp³-hybridized carbons (Fsp3) is 0.417. The van der Waals surface area contributed by atoms with Crippen molar-refractivity contribution in [3.8, 4) is 5.75 Å². The van der Waals surface area contributed by atoms with Crippen LogP contribution >= 0.6 is 0 Å². The van der Waals surface area contributed by atoms with Crippen LogP contribution in [0.3, 0.4) is 0 Å². The molecule has 0 fully saturated rings. The standard InChI is InChI=1S/C12H15O3/c1-9(2)10-4-6-11(7-5-10)15-8-12(13)14-3/h4-6,9H,8H2,1-3H3. The van der Waals surface area contributed by atoms with E-state index in [1.54, 1.807) is 6.07 Å². The Bertz CT molecular complexity index is 314. The number of esters is 1. The van der Waals surface area contributed by atoms with Crippen molar-refractivity contribution in [2.75, 3.05) is 13.7 Å². The van der Waals surface area contributed by atoms with Gasteiger partial charge in [0.05, 0.1) is 7.11 Å². The van der Waals surface area contributed by atoms with Crippen molar-refractivity contribution in [3.05, 3.63) is 29.8 Å². The van der Waals surface area contributed by atoms with Crippen LogP contribution < -0.4 is 4.74 Å². The summed E-state index contributed by atoms with van der Waals surface area (Å²) < 4.78 is 9.62. The number of hydrogen-bond donors (Lipinski definition) is 0. The minimum atomic E-state index is -0.392. The van der Waals surface area contributed by atoms with Gasteiger partial charge < -0.3 is 9.47 Å². The van der Waals surface area contributed by atoms with Crippen LogP contribution in [-0.4, -0.2) is 19.7 Å². The van der Waals surface area contributed by atoms with Gasteiger partial charge in [0.1, 0.15) is 5.75 Å². The van der Waals surface area contributed by atoms with E-state index in [2.05, 4.69) is 24.7 Å². The van der Waals surface area contributed by atoms with Crippen molar-refractivity contribution < 1.29 is 14.3 Å². The lowest BCUT2D eigenvalue weighted by molar-refractivity contribution is -0.142. The Kier molecular flexibility index (Phi) is 4.16. The van der Waals surface area contributed by atoms with Gasteiger partial charge >= 0.3 is 5.97 Å². The summed E-state index contributed by atoms with van der Waals surface area (Å²) in [6.07, 6.45) is 0. The Balaban J connectivity index is 2.53. The molecule has 81 valence electrons. The molecule has 1 aromatic rings. The minimum Gasteiger partial charge on any atom is -0.481 e. The molecule has 0 N–H and O–H groups in total. The van der Waals surface area contributed by atoms with E-state index >= 15 is 0 Å². The second-order valence-corrected chi connectivity index (χ2v) is 3.51. The highest BCUT2D eigenvalue weighted by molar-refractivity contribution is 5.70. The van der Waals surface area contributed by atoms with Crippen LogP contribution in [-0.2, 0) is 9.53 Å². The number of ether oxygens (including phenoxy) is 2. The van der Waals surface area contributed by atoms with Gasteiger partial charge in [-0.2, -0.15) is 0 Å². The maximum Gasteiger partial charge on any atom is 0.343 e. The van der Waals surface area contributed by atoms with Gasteiger partial charge in [-0.05, 0) is 23.6 Å². The van der Waals surface area contributed by atoms with Gasteiger partial charge in [0.2, 0.25) is 0 Å². The van der Waals surface area contributed by atoms with Gasteiger partial charge in [0.15, 0.2) is 6.61 Å². The Labute approximate surface area is 90.0 Å². The van der Waals surface area contributed by atoms with E-state index in [0.717, 1.165) is 0 Å². The van der Waals surface area contributed by atoms with Gasteiger partial charge in [-0.3, -0.25) is 0 Å². The van der Waals surface area contributed by atoms with Crippen LogP contribution in [0.25, 0.3) is 0 Å². The molecule has 0 amide bonds. The topological polar surface area (TPSA) is 35.5 Å². The van der Waals surface area contributed by atoms with E-state index in [-0.39, 0.29) is 6.61 Å². The summed E-state index contributed by atoms with van der Waals surface area (Å²) in [5.74, 6) is 0.636. The van der Waals surface area contributed by atoms with E-state index in [1.165, 1.54) is 12.7 Å². The first kappa shape index (κ1) is 11.6. The summed E-state index contributed by atoms with van der Waals surface area (Å²) in [5, 5.41) is 0. The lowest BCUT2D eigenvalue weighted by Crippen LogP contribution is -2.12. The van der Waals surface area contributed by atoms with E-state index in [4.69, 9.17) is 4.74 Å². The lowest BCUT2D eigenvalue weighted by atomic mass is 10.0. The third kappa shape index (κ3) is 3.62. The third-order valence-corrected chi connectivity index (χ3v) is 2.05. The fourth-order valence-electron chi connectivity index (χ4n) is 1.07. The average Bonchev–Trinajstić information content (AvgIpc) is 2.26. The molecule has 0 unspecified atom stereocenters. The molecule has 0 aliphatic rings. The third-order valence-electron chi connectivity index (χ3n) is 2.05. The van der Waals surface area contributed by atoms with E-state index in [9.17, 15) is 4.79 Å². The first-order valence-electron chi connectivity index (χ1n) is 4.84. The molecule has 1 aromatic carbocycles. The number of benzene rings is 1. The second kappa shape index (κ2) is 5.39. The first-order chi connectivity index (χ1) is 7.13. The van der Waals surface area contributed by atoms with Crippen LogP contribution in [0.4, 0.5) is 0 Å². The van der Waals surface area contributed by atoms with Gasteiger partial charge in [-0.25, -0.2) is 4.79 Å². The molecule has 0 saturated heterocycles. The molecule has 0 heterocycles. The van der Waals surface area contributed by atoms with Crippen LogP contribution in [0.5, 0.6) is 5.75 Å². The Hall–Kier alpha value is -1.51. The minimum absolute atomic E-state index is 0.0754. The summed E-state index contributed by atoms with van der Waals surface area (Å²) in [6.45, 7) is 4.14. The normalized spacial score (nSPS) is 10.1. The Morgan fingerprint density at radius 1 is 1.47 bits per heavy atom. The van der Waals surface area contributed by atoms with Gasteiger partial charge in [-0.1, -0.05) is 19.9 Å². The molecule has 0 atom stereocenters. The van der Waals surface area contributed by atoms with Crippen molar-refractivity contribution >= 4 is 5.97 Å². The molecule has 1 rings (SSSR count). The monoisotopic (exact) mass is 207 g/mol. The first-order valence-corrected chi connectivity index (χ1v) is 4.84. The summed E-state index contributed by atoms with van der Waals surface area (Å²) in [6, 6.07) is 8.61. The summed E-state index contributed by atoms with van der Waals surface area (Å²) >= 11 is 0. The smallest absolute Gasteiger partial charge is 0.343 e. The van der Waals surface area contributed by atoms with Crippen LogP contribution in [0.15, 0.2) is 18.2 Å². The molecule has 3 heteroatoms. The second-order valence-electron chi connectivity index (χ2n) is 3.51. The zero-order valence-electron chi connectivity index (χ0n) is 9.24. The largest absolute Gasteiger partial charge is 0.481 e. The maximum atomic E-state index is 10.8. The number of rotatable bonds is 4. The number of carbonyl (C=O) groups is 1. The predicted molar refractivity (Wildman–Crippen MR) is 56.9 cm³/mol. The van der Waals surface area contributed by atoms with E-state index < -0.39 is 5.97 Å². The Morgan fingerprint density at radius 3 is 2.67 bits per heavy atom. The number of hydrogen-bond acceptors (Lipinski definition) is 3. The zero-order chi connectivity index (χ0) is 11.3. The quantitative estimate of drug-likeness (QED) is 0.710. The van der Waals surface area contributed by atoms with Crippen LogP contribution in [0.2, 0.25) is 0 Å². The maximum absolute atomic E-state index is 10.8. The average molecular weight is 207 g/mol. The van der Waals surface area contributed by atoms with Crippen LogP contribution in [0.1, 0.15) is 25.3 Å². The molecule has 15 heavy (non-hydrogen) atoms. The SMILES string of the molecule is COC(=O)COc1[c]cc(C(C)C)cc1. The highest BCUT2D eigenvalue weighted by atomic mass is 16.6.